The summed E-state index contributed by atoms with van der Waals surface area (Å²) in [5, 5.41) is 6.61. The molecule has 1 aromatic rings. The van der Waals surface area contributed by atoms with E-state index in [1.54, 1.807) is 0 Å². The minimum absolute atomic E-state index is 0.0238. The highest BCUT2D eigenvalue weighted by molar-refractivity contribution is 9.10. The third-order valence-corrected chi connectivity index (χ3v) is 3.81. The molecule has 2 rings (SSSR count). The number of azide groups is 1. The van der Waals surface area contributed by atoms with E-state index in [1.807, 2.05) is 12.1 Å². The van der Waals surface area contributed by atoms with E-state index in [9.17, 15) is 4.79 Å². The summed E-state index contributed by atoms with van der Waals surface area (Å²) < 4.78 is 1.05. The molecule has 1 aliphatic rings. The topological polar surface area (TPSA) is 77.9 Å². The molecule has 1 unspecified atom stereocenters. The Morgan fingerprint density at radius 1 is 1.56 bits per heavy atom. The number of amides is 1. The Kier molecular flexibility index (Phi) is 3.89. The number of nitrogens with one attached hydrogen (secondary N) is 1. The molecule has 0 radical (unpaired) electrons. The smallest absolute Gasteiger partial charge is 0.221 e. The van der Waals surface area contributed by atoms with Crippen LogP contribution in [0.3, 0.4) is 0 Å². The third kappa shape index (κ3) is 2.66. The molecular weight excluding hydrogens is 296 g/mol. The molecule has 6 heteroatoms. The van der Waals surface area contributed by atoms with Gasteiger partial charge in [-0.15, -0.1) is 0 Å². The monoisotopic (exact) mass is 308 g/mol. The molecule has 0 aromatic heterocycles. The number of carbonyl (C=O) groups excluding carboxylic acids is 1. The normalized spacial score (nSPS) is 17.6. The summed E-state index contributed by atoms with van der Waals surface area (Å²) in [6, 6.07) is 3.80. The largest absolute Gasteiger partial charge is 0.326 e. The van der Waals surface area contributed by atoms with Crippen molar-refractivity contribution in [3.8, 4) is 0 Å². The predicted octanol–water partition coefficient (Wildman–Crippen LogP) is 3.58. The number of nitrogens with zero attached hydrogens (tertiary/aromatic N) is 3. The Morgan fingerprint density at radius 3 is 3.00 bits per heavy atom. The molecule has 0 saturated heterocycles. The van der Waals surface area contributed by atoms with Crippen LogP contribution in [0, 0.1) is 0 Å². The number of fused-ring (bicyclic) bond motifs is 1. The van der Waals surface area contributed by atoms with E-state index in [-0.39, 0.29) is 11.9 Å². The lowest BCUT2D eigenvalue weighted by molar-refractivity contribution is -0.114. The van der Waals surface area contributed by atoms with Gasteiger partial charge < -0.3 is 5.32 Å². The summed E-state index contributed by atoms with van der Waals surface area (Å²) in [6.45, 7) is 1.49. The molecule has 18 heavy (non-hydrogen) atoms. The maximum absolute atomic E-state index is 11.2. The van der Waals surface area contributed by atoms with Crippen LogP contribution in [0.4, 0.5) is 5.69 Å². The molecule has 1 aliphatic carbocycles. The number of rotatable bonds is 2. The van der Waals surface area contributed by atoms with Crippen molar-refractivity contribution in [1.82, 2.24) is 0 Å². The van der Waals surface area contributed by atoms with Gasteiger partial charge in [0.25, 0.3) is 0 Å². The van der Waals surface area contributed by atoms with Gasteiger partial charge in [0.15, 0.2) is 0 Å². The molecular formula is C12H13BrN4O. The quantitative estimate of drug-likeness (QED) is 0.506. The van der Waals surface area contributed by atoms with E-state index in [4.69, 9.17) is 5.53 Å². The van der Waals surface area contributed by atoms with Gasteiger partial charge in [0.1, 0.15) is 0 Å². The minimum atomic E-state index is -0.0922. The van der Waals surface area contributed by atoms with Gasteiger partial charge in [0.05, 0.1) is 0 Å². The SMILES string of the molecule is CC(=O)Nc1ccc(Br)c2c1CC(N=[N+]=[N-])CC2. The van der Waals surface area contributed by atoms with Gasteiger partial charge in [-0.25, -0.2) is 0 Å². The maximum Gasteiger partial charge on any atom is 0.221 e. The van der Waals surface area contributed by atoms with Crippen LogP contribution < -0.4 is 5.32 Å². The molecule has 0 heterocycles. The van der Waals surface area contributed by atoms with E-state index in [0.29, 0.717) is 6.42 Å². The number of anilines is 1. The van der Waals surface area contributed by atoms with Crippen molar-refractivity contribution in [3.63, 3.8) is 0 Å². The Hall–Kier alpha value is -1.52. The summed E-state index contributed by atoms with van der Waals surface area (Å²) in [4.78, 5) is 14.1. The summed E-state index contributed by atoms with van der Waals surface area (Å²) in [6.07, 6.45) is 2.38. The van der Waals surface area contributed by atoms with E-state index in [1.165, 1.54) is 12.5 Å². The summed E-state index contributed by atoms with van der Waals surface area (Å²) in [5.41, 5.74) is 11.6. The minimum Gasteiger partial charge on any atom is -0.326 e. The maximum atomic E-state index is 11.2. The molecule has 1 aromatic carbocycles. The van der Waals surface area contributed by atoms with E-state index >= 15 is 0 Å². The van der Waals surface area contributed by atoms with Gasteiger partial charge in [-0.3, -0.25) is 4.79 Å². The molecule has 1 N–H and O–H groups in total. The fraction of sp³-hybridized carbons (Fsp3) is 0.417. The zero-order valence-electron chi connectivity index (χ0n) is 9.98. The van der Waals surface area contributed by atoms with Gasteiger partial charge >= 0.3 is 0 Å². The second kappa shape index (κ2) is 5.42. The van der Waals surface area contributed by atoms with Crippen LogP contribution in [0.2, 0.25) is 0 Å². The predicted molar refractivity (Wildman–Crippen MR) is 73.4 cm³/mol. The van der Waals surface area contributed by atoms with Crippen molar-refractivity contribution in [3.05, 3.63) is 38.2 Å². The summed E-state index contributed by atoms with van der Waals surface area (Å²) >= 11 is 3.53. The molecule has 5 nitrogen and oxygen atoms in total. The average Bonchev–Trinajstić information content (AvgIpc) is 2.33. The molecule has 0 spiro atoms. The standard InChI is InChI=1S/C12H13BrN4O/c1-7(18)15-12-5-4-11(13)9-3-2-8(16-17-14)6-10(9)12/h4-5,8H,2-3,6H2,1H3,(H,15,18). The van der Waals surface area contributed by atoms with Crippen molar-refractivity contribution >= 4 is 27.5 Å². The number of halogens is 1. The van der Waals surface area contributed by atoms with Gasteiger partial charge in [-0.2, -0.15) is 0 Å². The van der Waals surface area contributed by atoms with Crippen molar-refractivity contribution in [2.24, 2.45) is 5.11 Å². The van der Waals surface area contributed by atoms with Crippen molar-refractivity contribution in [2.45, 2.75) is 32.2 Å². The molecule has 0 bridgehead atoms. The second-order valence-corrected chi connectivity index (χ2v) is 5.19. The lowest BCUT2D eigenvalue weighted by atomic mass is 9.87. The number of carbonyl (C=O) groups is 1. The van der Waals surface area contributed by atoms with Crippen molar-refractivity contribution < 1.29 is 4.79 Å². The number of hydrogen-bond acceptors (Lipinski definition) is 2. The highest BCUT2D eigenvalue weighted by atomic mass is 79.9. The van der Waals surface area contributed by atoms with Crippen molar-refractivity contribution in [2.75, 3.05) is 5.32 Å². The van der Waals surface area contributed by atoms with Crippen LogP contribution >= 0.6 is 15.9 Å². The summed E-state index contributed by atoms with van der Waals surface area (Å²) in [5.74, 6) is -0.0922. The van der Waals surface area contributed by atoms with Crippen LogP contribution in [-0.2, 0) is 17.6 Å². The lowest BCUT2D eigenvalue weighted by Gasteiger charge is -2.24. The molecule has 0 fully saturated rings. The van der Waals surface area contributed by atoms with Gasteiger partial charge in [0, 0.05) is 28.0 Å². The van der Waals surface area contributed by atoms with Gasteiger partial charge in [-0.1, -0.05) is 21.0 Å². The Labute approximate surface area is 113 Å². The van der Waals surface area contributed by atoms with Crippen LogP contribution in [0.5, 0.6) is 0 Å². The van der Waals surface area contributed by atoms with Crippen LogP contribution in [-0.4, -0.2) is 11.9 Å². The molecule has 0 saturated carbocycles. The molecule has 0 aliphatic heterocycles. The fourth-order valence-electron chi connectivity index (χ4n) is 2.29. The van der Waals surface area contributed by atoms with Crippen LogP contribution in [0.25, 0.3) is 10.4 Å². The Balaban J connectivity index is 2.40. The van der Waals surface area contributed by atoms with Crippen LogP contribution in [0.15, 0.2) is 21.7 Å². The zero-order valence-corrected chi connectivity index (χ0v) is 11.6. The second-order valence-electron chi connectivity index (χ2n) is 4.33. The third-order valence-electron chi connectivity index (χ3n) is 3.07. The first-order valence-electron chi connectivity index (χ1n) is 5.74. The lowest BCUT2D eigenvalue weighted by Crippen LogP contribution is -2.20. The van der Waals surface area contributed by atoms with Crippen LogP contribution in [0.1, 0.15) is 24.5 Å². The average molecular weight is 309 g/mol. The zero-order chi connectivity index (χ0) is 13.1. The van der Waals surface area contributed by atoms with Crippen molar-refractivity contribution in [1.29, 1.82) is 0 Å². The first-order valence-corrected chi connectivity index (χ1v) is 6.53. The summed E-state index contributed by atoms with van der Waals surface area (Å²) in [7, 11) is 0. The number of hydrogen-bond donors (Lipinski definition) is 1. The van der Waals surface area contributed by atoms with Gasteiger partial charge in [-0.05, 0) is 48.1 Å². The fourth-order valence-corrected chi connectivity index (χ4v) is 2.86. The molecule has 1 amide bonds. The van der Waals surface area contributed by atoms with E-state index in [0.717, 1.165) is 28.6 Å². The first-order chi connectivity index (χ1) is 8.61. The first kappa shape index (κ1) is 12.9. The van der Waals surface area contributed by atoms with E-state index in [2.05, 4.69) is 31.3 Å². The highest BCUT2D eigenvalue weighted by Crippen LogP contribution is 2.34. The van der Waals surface area contributed by atoms with Gasteiger partial charge in [0.2, 0.25) is 5.91 Å². The molecule has 1 atom stereocenters. The highest BCUT2D eigenvalue weighted by Gasteiger charge is 2.22. The number of benzene rings is 1. The Morgan fingerprint density at radius 2 is 2.33 bits per heavy atom. The molecule has 94 valence electrons. The van der Waals surface area contributed by atoms with E-state index < -0.39 is 0 Å². The Bertz CT molecular complexity index is 537.